The van der Waals surface area contributed by atoms with E-state index in [-0.39, 0.29) is 5.91 Å². The predicted molar refractivity (Wildman–Crippen MR) is 75.6 cm³/mol. The third-order valence-corrected chi connectivity index (χ3v) is 3.54. The lowest BCUT2D eigenvalue weighted by atomic mass is 9.88. The topological polar surface area (TPSA) is 87.8 Å². The van der Waals surface area contributed by atoms with Gasteiger partial charge in [0.15, 0.2) is 6.17 Å². The minimum Gasteiger partial charge on any atom is -0.352 e. The second kappa shape index (κ2) is 4.96. The van der Waals surface area contributed by atoms with E-state index in [4.69, 9.17) is 5.73 Å². The summed E-state index contributed by atoms with van der Waals surface area (Å²) in [5, 5.41) is 8.13. The lowest BCUT2D eigenvalue weighted by Gasteiger charge is -2.27. The standard InChI is InChI=1S/C14H18N4O2/c1-9-14(2,3)12(19)18(17-9)11(16-13(15)20)10-7-5-4-6-8-10/h4-8,11H,1-3H3,(H3,15,16,20)/t11-/m0/s1. The van der Waals surface area contributed by atoms with Crippen molar-refractivity contribution in [3.8, 4) is 0 Å². The summed E-state index contributed by atoms with van der Waals surface area (Å²) < 4.78 is 0. The van der Waals surface area contributed by atoms with Crippen molar-refractivity contribution in [2.75, 3.05) is 0 Å². The first-order valence-electron chi connectivity index (χ1n) is 6.34. The molecule has 0 bridgehead atoms. The SMILES string of the molecule is CC1=NN([C@H](NC(N)=O)c2ccccc2)C(=O)C1(C)C. The van der Waals surface area contributed by atoms with Gasteiger partial charge in [0.1, 0.15) is 0 Å². The molecule has 0 radical (unpaired) electrons. The average molecular weight is 274 g/mol. The monoisotopic (exact) mass is 274 g/mol. The molecule has 0 unspecified atom stereocenters. The summed E-state index contributed by atoms with van der Waals surface area (Å²) in [6.07, 6.45) is -0.696. The first-order valence-corrected chi connectivity index (χ1v) is 6.34. The number of hydrogen-bond donors (Lipinski definition) is 2. The van der Waals surface area contributed by atoms with Crippen molar-refractivity contribution in [3.63, 3.8) is 0 Å². The molecular formula is C14H18N4O2. The largest absolute Gasteiger partial charge is 0.352 e. The van der Waals surface area contributed by atoms with E-state index >= 15 is 0 Å². The number of benzene rings is 1. The molecule has 20 heavy (non-hydrogen) atoms. The highest BCUT2D eigenvalue weighted by atomic mass is 16.2. The molecule has 1 aromatic rings. The Kier molecular flexibility index (Phi) is 3.48. The lowest BCUT2D eigenvalue weighted by molar-refractivity contribution is -0.137. The summed E-state index contributed by atoms with van der Waals surface area (Å²) >= 11 is 0. The predicted octanol–water partition coefficient (Wildman–Crippen LogP) is 1.60. The zero-order valence-electron chi connectivity index (χ0n) is 11.8. The summed E-state index contributed by atoms with van der Waals surface area (Å²) in [5.74, 6) is -0.169. The van der Waals surface area contributed by atoms with E-state index in [1.807, 2.05) is 30.3 Å². The first kappa shape index (κ1) is 14.0. The lowest BCUT2D eigenvalue weighted by Crippen LogP contribution is -2.45. The molecule has 3 N–H and O–H groups in total. The van der Waals surface area contributed by atoms with E-state index in [0.29, 0.717) is 5.71 Å². The van der Waals surface area contributed by atoms with Gasteiger partial charge in [-0.3, -0.25) is 4.79 Å². The summed E-state index contributed by atoms with van der Waals surface area (Å²) in [6, 6.07) is 8.42. The van der Waals surface area contributed by atoms with Crippen LogP contribution < -0.4 is 11.1 Å². The summed E-state index contributed by atoms with van der Waals surface area (Å²) in [6.45, 7) is 5.41. The minimum atomic E-state index is -0.704. The number of primary amides is 1. The molecule has 6 heteroatoms. The first-order chi connectivity index (χ1) is 9.34. The molecule has 0 fully saturated rings. The number of amides is 3. The van der Waals surface area contributed by atoms with Gasteiger partial charge in [0, 0.05) is 0 Å². The molecular weight excluding hydrogens is 256 g/mol. The second-order valence-electron chi connectivity index (χ2n) is 5.28. The fourth-order valence-corrected chi connectivity index (χ4v) is 2.00. The van der Waals surface area contributed by atoms with E-state index in [1.54, 1.807) is 20.8 Å². The van der Waals surface area contributed by atoms with Crippen LogP contribution in [0, 0.1) is 5.41 Å². The van der Waals surface area contributed by atoms with Crippen molar-refractivity contribution in [2.45, 2.75) is 26.9 Å². The van der Waals surface area contributed by atoms with Crippen LogP contribution in [0.3, 0.4) is 0 Å². The van der Waals surface area contributed by atoms with Crippen LogP contribution in [0.15, 0.2) is 35.4 Å². The minimum absolute atomic E-state index is 0.169. The fourth-order valence-electron chi connectivity index (χ4n) is 2.00. The molecule has 1 aliphatic heterocycles. The third-order valence-electron chi connectivity index (χ3n) is 3.54. The number of hydrogen-bond acceptors (Lipinski definition) is 3. The second-order valence-corrected chi connectivity index (χ2v) is 5.28. The molecule has 6 nitrogen and oxygen atoms in total. The quantitative estimate of drug-likeness (QED) is 0.876. The summed E-state index contributed by atoms with van der Waals surface area (Å²) in [4.78, 5) is 23.7. The van der Waals surface area contributed by atoms with Gasteiger partial charge in [-0.15, -0.1) is 0 Å². The van der Waals surface area contributed by atoms with Crippen molar-refractivity contribution < 1.29 is 9.59 Å². The maximum Gasteiger partial charge on any atom is 0.314 e. The highest BCUT2D eigenvalue weighted by molar-refractivity contribution is 6.10. The van der Waals surface area contributed by atoms with E-state index < -0.39 is 17.6 Å². The van der Waals surface area contributed by atoms with Crippen LogP contribution in [0.25, 0.3) is 0 Å². The van der Waals surface area contributed by atoms with Gasteiger partial charge in [-0.05, 0) is 26.3 Å². The number of nitrogens with zero attached hydrogens (tertiary/aromatic N) is 2. The number of nitrogens with two attached hydrogens (primary N) is 1. The van der Waals surface area contributed by atoms with Crippen LogP contribution >= 0.6 is 0 Å². The van der Waals surface area contributed by atoms with Crippen molar-refractivity contribution in [2.24, 2.45) is 16.3 Å². The Labute approximate surface area is 117 Å². The molecule has 3 amide bonds. The van der Waals surface area contributed by atoms with Gasteiger partial charge in [0.25, 0.3) is 5.91 Å². The molecule has 1 aliphatic rings. The Morgan fingerprint density at radius 2 is 1.95 bits per heavy atom. The Morgan fingerprint density at radius 3 is 2.40 bits per heavy atom. The van der Waals surface area contributed by atoms with Crippen LogP contribution in [0.5, 0.6) is 0 Å². The third kappa shape index (κ3) is 2.36. The van der Waals surface area contributed by atoms with Gasteiger partial charge in [0.2, 0.25) is 0 Å². The summed E-state index contributed by atoms with van der Waals surface area (Å²) in [5.41, 5.74) is 5.98. The molecule has 0 saturated carbocycles. The van der Waals surface area contributed by atoms with Crippen molar-refractivity contribution in [1.82, 2.24) is 10.3 Å². The number of carbonyl (C=O) groups is 2. The summed E-state index contributed by atoms with van der Waals surface area (Å²) in [7, 11) is 0. The maximum absolute atomic E-state index is 12.5. The van der Waals surface area contributed by atoms with Crippen LogP contribution in [0.4, 0.5) is 4.79 Å². The Bertz CT molecular complexity index is 566. The van der Waals surface area contributed by atoms with Crippen LogP contribution in [-0.2, 0) is 4.79 Å². The molecule has 1 atom stereocenters. The average Bonchev–Trinajstić information content (AvgIpc) is 2.60. The normalized spacial score (nSPS) is 18.6. The zero-order chi connectivity index (χ0) is 14.9. The Balaban J connectivity index is 2.39. The van der Waals surface area contributed by atoms with E-state index in [1.165, 1.54) is 5.01 Å². The van der Waals surface area contributed by atoms with Crippen molar-refractivity contribution >= 4 is 17.6 Å². The molecule has 2 rings (SSSR count). The van der Waals surface area contributed by atoms with Crippen LogP contribution in [-0.4, -0.2) is 22.7 Å². The molecule has 106 valence electrons. The molecule has 0 aromatic heterocycles. The molecule has 0 aliphatic carbocycles. The number of rotatable bonds is 3. The number of hydrazone groups is 1. The maximum atomic E-state index is 12.5. The van der Waals surface area contributed by atoms with Gasteiger partial charge in [-0.1, -0.05) is 30.3 Å². The van der Waals surface area contributed by atoms with Gasteiger partial charge in [-0.25, -0.2) is 9.80 Å². The fraction of sp³-hybridized carbons (Fsp3) is 0.357. The number of carbonyl (C=O) groups excluding carboxylic acids is 2. The highest BCUT2D eigenvalue weighted by Crippen LogP contribution is 2.33. The molecule has 1 aromatic carbocycles. The van der Waals surface area contributed by atoms with Crippen molar-refractivity contribution in [1.29, 1.82) is 0 Å². The van der Waals surface area contributed by atoms with E-state index in [0.717, 1.165) is 5.56 Å². The Morgan fingerprint density at radius 1 is 1.35 bits per heavy atom. The van der Waals surface area contributed by atoms with E-state index in [2.05, 4.69) is 10.4 Å². The van der Waals surface area contributed by atoms with Crippen molar-refractivity contribution in [3.05, 3.63) is 35.9 Å². The number of urea groups is 1. The molecule has 0 saturated heterocycles. The van der Waals surface area contributed by atoms with E-state index in [9.17, 15) is 9.59 Å². The number of nitrogens with one attached hydrogen (secondary N) is 1. The smallest absolute Gasteiger partial charge is 0.314 e. The van der Waals surface area contributed by atoms with Gasteiger partial charge in [-0.2, -0.15) is 5.10 Å². The van der Waals surface area contributed by atoms with Crippen LogP contribution in [0.2, 0.25) is 0 Å². The molecule has 0 spiro atoms. The van der Waals surface area contributed by atoms with Gasteiger partial charge >= 0.3 is 6.03 Å². The van der Waals surface area contributed by atoms with Gasteiger partial charge < -0.3 is 11.1 Å². The Hall–Kier alpha value is -2.37. The van der Waals surface area contributed by atoms with Gasteiger partial charge in [0.05, 0.1) is 11.1 Å². The van der Waals surface area contributed by atoms with Crippen LogP contribution in [0.1, 0.15) is 32.5 Å². The highest BCUT2D eigenvalue weighted by Gasteiger charge is 2.44. The zero-order valence-corrected chi connectivity index (χ0v) is 11.8. The molecule has 1 heterocycles.